The number of benzene rings is 1. The highest BCUT2D eigenvalue weighted by atomic mass is 32.2. The van der Waals surface area contributed by atoms with Crippen LogP contribution in [0, 0.1) is 0 Å². The van der Waals surface area contributed by atoms with Crippen molar-refractivity contribution in [3.8, 4) is 0 Å². The zero-order valence-corrected chi connectivity index (χ0v) is 11.9. The Morgan fingerprint density at radius 1 is 1.19 bits per heavy atom. The van der Waals surface area contributed by atoms with Gasteiger partial charge in [0, 0.05) is 13.1 Å². The number of nitrogens with zero attached hydrogens (tertiary/aromatic N) is 1. The fourth-order valence-corrected chi connectivity index (χ4v) is 4.27. The summed E-state index contributed by atoms with van der Waals surface area (Å²) in [5.41, 5.74) is 10.5. The number of hydrogen-bond acceptors (Lipinski definition) is 5. The first-order valence-electron chi connectivity index (χ1n) is 6.23. The van der Waals surface area contributed by atoms with Gasteiger partial charge in [-0.3, -0.25) is 4.79 Å². The highest BCUT2D eigenvalue weighted by Gasteiger charge is 2.45. The number of hydrogen-bond donors (Lipinski definition) is 3. The summed E-state index contributed by atoms with van der Waals surface area (Å²) in [4.78, 5) is 24.0. The lowest BCUT2D eigenvalue weighted by molar-refractivity contribution is -0.121. The van der Waals surface area contributed by atoms with Gasteiger partial charge in [-0.15, -0.1) is 0 Å². The van der Waals surface area contributed by atoms with Gasteiger partial charge in [-0.1, -0.05) is 18.2 Å². The smallest absolute Gasteiger partial charge is 0.315 e. The van der Waals surface area contributed by atoms with Gasteiger partial charge in [-0.25, -0.2) is 13.2 Å². The van der Waals surface area contributed by atoms with Crippen molar-refractivity contribution >= 4 is 21.8 Å². The maximum atomic E-state index is 12.7. The van der Waals surface area contributed by atoms with Gasteiger partial charge in [0.1, 0.15) is 6.04 Å². The van der Waals surface area contributed by atoms with Gasteiger partial charge in [0.25, 0.3) is 0 Å². The van der Waals surface area contributed by atoms with Crippen LogP contribution in [0.3, 0.4) is 0 Å². The Labute approximate surface area is 122 Å². The summed E-state index contributed by atoms with van der Waals surface area (Å²) in [7, 11) is -3.99. The molecule has 114 valence electrons. The summed E-state index contributed by atoms with van der Waals surface area (Å²) in [6, 6.07) is 5.43. The van der Waals surface area contributed by atoms with Crippen LogP contribution in [0.25, 0.3) is 0 Å². The number of nitrogens with two attached hydrogens (primary N) is 2. The molecule has 0 aromatic heterocycles. The van der Waals surface area contributed by atoms with E-state index < -0.39 is 33.2 Å². The number of amides is 3. The number of sulfone groups is 1. The lowest BCUT2D eigenvalue weighted by atomic mass is 10.2. The molecule has 1 aromatic rings. The molecule has 21 heavy (non-hydrogen) atoms. The van der Waals surface area contributed by atoms with Crippen LogP contribution in [0.2, 0.25) is 0 Å². The van der Waals surface area contributed by atoms with E-state index in [9.17, 15) is 18.0 Å². The average Bonchev–Trinajstić information content (AvgIpc) is 2.47. The van der Waals surface area contributed by atoms with Crippen LogP contribution >= 0.6 is 0 Å². The maximum Gasteiger partial charge on any atom is 0.315 e. The summed E-state index contributed by atoms with van der Waals surface area (Å²) in [5.74, 6) is -0.856. The zero-order valence-electron chi connectivity index (χ0n) is 11.1. The van der Waals surface area contributed by atoms with Crippen LogP contribution in [0.5, 0.6) is 0 Å². The molecule has 0 aliphatic carbocycles. The highest BCUT2D eigenvalue weighted by Crippen LogP contribution is 2.23. The average molecular weight is 312 g/mol. The third-order valence-corrected chi connectivity index (χ3v) is 5.38. The minimum absolute atomic E-state index is 0.00352. The number of nitrogens with one attached hydrogen (secondary N) is 1. The van der Waals surface area contributed by atoms with Crippen molar-refractivity contribution < 1.29 is 18.0 Å². The number of primary amides is 2. The second-order valence-electron chi connectivity index (χ2n) is 4.61. The molecule has 0 radical (unpaired) electrons. The van der Waals surface area contributed by atoms with Crippen LogP contribution < -0.4 is 16.8 Å². The fourth-order valence-electron chi connectivity index (χ4n) is 2.32. The second-order valence-corrected chi connectivity index (χ2v) is 6.66. The van der Waals surface area contributed by atoms with Crippen molar-refractivity contribution in [1.29, 1.82) is 0 Å². The standard InChI is InChI=1S/C12H16N4O4S/c13-10(17)9-11(16(12(14)18)7-6-15-9)21(19,20)8-4-2-1-3-5-8/h1-5,9,11,15H,6-7H2,(H2,13,17)(H2,14,18). The van der Waals surface area contributed by atoms with E-state index in [-0.39, 0.29) is 18.0 Å². The van der Waals surface area contributed by atoms with Gasteiger partial charge in [0.05, 0.1) is 4.90 Å². The molecule has 1 heterocycles. The van der Waals surface area contributed by atoms with Crippen LogP contribution in [-0.2, 0) is 14.6 Å². The summed E-state index contributed by atoms with van der Waals surface area (Å²) >= 11 is 0. The van der Waals surface area contributed by atoms with E-state index >= 15 is 0 Å². The summed E-state index contributed by atoms with van der Waals surface area (Å²) < 4.78 is 25.4. The first-order valence-corrected chi connectivity index (χ1v) is 7.78. The number of rotatable bonds is 3. The first-order chi connectivity index (χ1) is 9.85. The molecule has 5 N–H and O–H groups in total. The van der Waals surface area contributed by atoms with Crippen LogP contribution in [0.4, 0.5) is 4.79 Å². The van der Waals surface area contributed by atoms with E-state index in [0.717, 1.165) is 4.90 Å². The SMILES string of the molecule is NC(=O)C1NCCN(C(N)=O)C1S(=O)(=O)c1ccccc1. The Morgan fingerprint density at radius 3 is 2.33 bits per heavy atom. The van der Waals surface area contributed by atoms with E-state index in [2.05, 4.69) is 5.32 Å². The molecular formula is C12H16N4O4S. The molecule has 0 bridgehead atoms. The lowest BCUT2D eigenvalue weighted by Gasteiger charge is -2.38. The molecule has 2 atom stereocenters. The molecule has 1 aromatic carbocycles. The summed E-state index contributed by atoms with van der Waals surface area (Å²) in [6.45, 7) is 0.313. The molecule has 2 unspecified atom stereocenters. The number of carbonyl (C=O) groups is 2. The second kappa shape index (κ2) is 5.70. The molecule has 1 fully saturated rings. The number of urea groups is 1. The Balaban J connectivity index is 2.52. The van der Waals surface area contributed by atoms with Crippen LogP contribution in [0.1, 0.15) is 0 Å². The molecule has 8 nitrogen and oxygen atoms in total. The topological polar surface area (TPSA) is 136 Å². The number of piperazine rings is 1. The molecular weight excluding hydrogens is 296 g/mol. The summed E-state index contributed by atoms with van der Waals surface area (Å²) in [5, 5.41) is 1.27. The van der Waals surface area contributed by atoms with Gasteiger partial charge in [0.2, 0.25) is 15.7 Å². The van der Waals surface area contributed by atoms with Crippen LogP contribution in [-0.4, -0.2) is 49.8 Å². The molecule has 0 spiro atoms. The Morgan fingerprint density at radius 2 is 1.81 bits per heavy atom. The van der Waals surface area contributed by atoms with E-state index in [1.807, 2.05) is 0 Å². The molecule has 1 saturated heterocycles. The quantitative estimate of drug-likeness (QED) is 0.632. The Hall–Kier alpha value is -2.13. The van der Waals surface area contributed by atoms with Crippen molar-refractivity contribution in [2.24, 2.45) is 11.5 Å². The molecule has 1 aliphatic heterocycles. The predicted octanol–water partition coefficient (Wildman–Crippen LogP) is -1.38. The van der Waals surface area contributed by atoms with Crippen molar-refractivity contribution in [1.82, 2.24) is 10.2 Å². The van der Waals surface area contributed by atoms with Gasteiger partial charge in [-0.05, 0) is 12.1 Å². The molecule has 9 heteroatoms. The molecule has 3 amide bonds. The van der Waals surface area contributed by atoms with Crippen molar-refractivity contribution in [2.45, 2.75) is 16.3 Å². The van der Waals surface area contributed by atoms with Crippen molar-refractivity contribution in [3.05, 3.63) is 30.3 Å². The van der Waals surface area contributed by atoms with Gasteiger partial charge in [0.15, 0.2) is 5.37 Å². The molecule has 0 saturated carbocycles. The Kier molecular flexibility index (Phi) is 4.14. The van der Waals surface area contributed by atoms with E-state index in [1.54, 1.807) is 18.2 Å². The fraction of sp³-hybridized carbons (Fsp3) is 0.333. The largest absolute Gasteiger partial charge is 0.368 e. The normalized spacial score (nSPS) is 22.8. The van der Waals surface area contributed by atoms with Gasteiger partial charge >= 0.3 is 6.03 Å². The third-order valence-electron chi connectivity index (χ3n) is 3.29. The minimum atomic E-state index is -3.99. The van der Waals surface area contributed by atoms with Crippen LogP contribution in [0.15, 0.2) is 35.2 Å². The van der Waals surface area contributed by atoms with Crippen molar-refractivity contribution in [2.75, 3.05) is 13.1 Å². The maximum absolute atomic E-state index is 12.7. The van der Waals surface area contributed by atoms with E-state index in [4.69, 9.17) is 11.5 Å². The lowest BCUT2D eigenvalue weighted by Crippen LogP contribution is -2.66. The zero-order chi connectivity index (χ0) is 15.6. The Bertz CT molecular complexity index is 624. The summed E-state index contributed by atoms with van der Waals surface area (Å²) in [6.07, 6.45) is 0. The van der Waals surface area contributed by atoms with E-state index in [0.29, 0.717) is 0 Å². The van der Waals surface area contributed by atoms with Gasteiger partial charge in [-0.2, -0.15) is 0 Å². The van der Waals surface area contributed by atoms with Gasteiger partial charge < -0.3 is 21.7 Å². The third kappa shape index (κ3) is 2.83. The van der Waals surface area contributed by atoms with Crippen molar-refractivity contribution in [3.63, 3.8) is 0 Å². The number of carbonyl (C=O) groups excluding carboxylic acids is 2. The van der Waals surface area contributed by atoms with E-state index in [1.165, 1.54) is 12.1 Å². The predicted molar refractivity (Wildman–Crippen MR) is 74.7 cm³/mol. The monoisotopic (exact) mass is 312 g/mol. The molecule has 2 rings (SSSR count). The molecule has 1 aliphatic rings. The highest BCUT2D eigenvalue weighted by molar-refractivity contribution is 7.92. The first kappa shape index (κ1) is 15.3. The minimum Gasteiger partial charge on any atom is -0.368 e.